The van der Waals surface area contributed by atoms with E-state index >= 15 is 0 Å². The molecule has 2 saturated carbocycles. The molecule has 2 fully saturated rings. The van der Waals surface area contributed by atoms with Gasteiger partial charge in [0, 0.05) is 43.9 Å². The zero-order chi connectivity index (χ0) is 31.3. The highest BCUT2D eigenvalue weighted by Gasteiger charge is 2.38. The normalized spacial score (nSPS) is 22.5. The van der Waals surface area contributed by atoms with E-state index in [1.807, 2.05) is 0 Å². The number of aromatic nitrogens is 2. The second-order valence-electron chi connectivity index (χ2n) is 11.7. The van der Waals surface area contributed by atoms with Gasteiger partial charge < -0.3 is 30.5 Å². The smallest absolute Gasteiger partial charge is 0.421 e. The fourth-order valence-electron chi connectivity index (χ4n) is 5.97. The van der Waals surface area contributed by atoms with Crippen LogP contribution in [-0.4, -0.2) is 84.0 Å². The van der Waals surface area contributed by atoms with Gasteiger partial charge in [-0.2, -0.15) is 18.2 Å². The number of amides is 2. The maximum Gasteiger partial charge on any atom is 0.421 e. The summed E-state index contributed by atoms with van der Waals surface area (Å²) in [7, 11) is 7.25. The molecule has 0 saturated heterocycles. The Morgan fingerprint density at radius 1 is 1.02 bits per heavy atom. The number of benzene rings is 1. The summed E-state index contributed by atoms with van der Waals surface area (Å²) in [5.74, 6) is -0.486. The lowest BCUT2D eigenvalue weighted by atomic mass is 9.89. The third-order valence-electron chi connectivity index (χ3n) is 8.61. The standard InChI is InChI=1S/C30H42F3N7O3/c1-18(41)40(4)25-9-7-6-8-23(25)36-27-22(30(31,32)33)17-34-29(38-27)37-24-15-10-19(16-26(24)43-5)28(42)35-20-11-13-21(14-12-20)39(2)3/h10,15-17,20-21,23,25H,6-9,11-14H2,1-5H3,(H,35,42)(H2,34,36,37,38)/t20?,21?,23-,25-/m1/s1. The van der Waals surface area contributed by atoms with Crippen LogP contribution in [0.2, 0.25) is 0 Å². The molecule has 1 aromatic carbocycles. The van der Waals surface area contributed by atoms with Gasteiger partial charge in [-0.15, -0.1) is 0 Å². The van der Waals surface area contributed by atoms with Crippen molar-refractivity contribution < 1.29 is 27.5 Å². The van der Waals surface area contributed by atoms with Gasteiger partial charge in [0.2, 0.25) is 11.9 Å². The molecule has 3 N–H and O–H groups in total. The Morgan fingerprint density at radius 3 is 2.35 bits per heavy atom. The molecule has 1 heterocycles. The number of likely N-dealkylation sites (N-methyl/N-ethyl adjacent to an activating group) is 1. The Labute approximate surface area is 250 Å². The van der Waals surface area contributed by atoms with E-state index in [0.717, 1.165) is 44.7 Å². The van der Waals surface area contributed by atoms with Crippen molar-refractivity contribution in [2.45, 2.75) is 88.6 Å². The van der Waals surface area contributed by atoms with Gasteiger partial charge in [0.15, 0.2) is 0 Å². The highest BCUT2D eigenvalue weighted by atomic mass is 19.4. The third-order valence-corrected chi connectivity index (χ3v) is 8.61. The van der Waals surface area contributed by atoms with Crippen LogP contribution in [0, 0.1) is 0 Å². The van der Waals surface area contributed by atoms with E-state index in [1.165, 1.54) is 14.0 Å². The number of rotatable bonds is 9. The molecule has 2 aliphatic carbocycles. The number of anilines is 3. The minimum atomic E-state index is -4.68. The van der Waals surface area contributed by atoms with E-state index in [2.05, 4.69) is 44.9 Å². The molecular weight excluding hydrogens is 563 g/mol. The van der Waals surface area contributed by atoms with Crippen molar-refractivity contribution in [2.75, 3.05) is 38.9 Å². The summed E-state index contributed by atoms with van der Waals surface area (Å²) < 4.78 is 47.3. The number of nitrogens with one attached hydrogen (secondary N) is 3. The molecule has 2 atom stereocenters. The number of alkyl halides is 3. The molecule has 0 bridgehead atoms. The number of hydrogen-bond donors (Lipinski definition) is 3. The van der Waals surface area contributed by atoms with Crippen LogP contribution in [0.25, 0.3) is 0 Å². The first-order chi connectivity index (χ1) is 20.4. The number of hydrogen-bond acceptors (Lipinski definition) is 8. The van der Waals surface area contributed by atoms with Gasteiger partial charge in [0.25, 0.3) is 5.91 Å². The molecule has 43 heavy (non-hydrogen) atoms. The fraction of sp³-hybridized carbons (Fsp3) is 0.600. The summed E-state index contributed by atoms with van der Waals surface area (Å²) in [5.41, 5.74) is -0.194. The quantitative estimate of drug-likeness (QED) is 0.364. The molecule has 236 valence electrons. The van der Waals surface area contributed by atoms with E-state index in [-0.39, 0.29) is 35.7 Å². The molecule has 2 amide bonds. The van der Waals surface area contributed by atoms with Gasteiger partial charge in [-0.3, -0.25) is 9.59 Å². The van der Waals surface area contributed by atoms with Crippen molar-refractivity contribution in [2.24, 2.45) is 0 Å². The Morgan fingerprint density at radius 2 is 1.72 bits per heavy atom. The lowest BCUT2D eigenvalue weighted by Crippen LogP contribution is -2.49. The topological polar surface area (TPSA) is 112 Å². The van der Waals surface area contributed by atoms with E-state index < -0.39 is 17.8 Å². The van der Waals surface area contributed by atoms with E-state index in [9.17, 15) is 22.8 Å². The maximum atomic E-state index is 13.9. The average Bonchev–Trinajstić information content (AvgIpc) is 2.97. The second kappa shape index (κ2) is 13.8. The minimum absolute atomic E-state index is 0.0732. The Kier molecular flexibility index (Phi) is 10.4. The highest BCUT2D eigenvalue weighted by molar-refractivity contribution is 5.95. The van der Waals surface area contributed by atoms with E-state index in [1.54, 1.807) is 30.1 Å². The molecule has 1 aromatic heterocycles. The summed E-state index contributed by atoms with van der Waals surface area (Å²) in [5, 5.41) is 9.02. The summed E-state index contributed by atoms with van der Waals surface area (Å²) >= 11 is 0. The Bertz CT molecular complexity index is 1280. The lowest BCUT2D eigenvalue weighted by Gasteiger charge is -2.38. The molecule has 0 unspecified atom stereocenters. The Hall–Kier alpha value is -3.61. The molecule has 0 aliphatic heterocycles. The van der Waals surface area contributed by atoms with Crippen LogP contribution in [0.4, 0.5) is 30.6 Å². The van der Waals surface area contributed by atoms with Crippen molar-refractivity contribution in [3.8, 4) is 5.75 Å². The number of carbonyl (C=O) groups excluding carboxylic acids is 2. The molecule has 2 aliphatic rings. The third kappa shape index (κ3) is 8.07. The van der Waals surface area contributed by atoms with Crippen LogP contribution in [0.15, 0.2) is 24.4 Å². The number of methoxy groups -OCH3 is 1. The van der Waals surface area contributed by atoms with Crippen LogP contribution >= 0.6 is 0 Å². The van der Waals surface area contributed by atoms with Crippen molar-refractivity contribution in [1.29, 1.82) is 0 Å². The van der Waals surface area contributed by atoms with Gasteiger partial charge in [-0.1, -0.05) is 12.8 Å². The van der Waals surface area contributed by atoms with E-state index in [0.29, 0.717) is 35.9 Å². The van der Waals surface area contributed by atoms with Crippen LogP contribution < -0.4 is 20.7 Å². The fourth-order valence-corrected chi connectivity index (χ4v) is 5.97. The summed E-state index contributed by atoms with van der Waals surface area (Å²) in [6.45, 7) is 1.44. The Balaban J connectivity index is 1.51. The van der Waals surface area contributed by atoms with Gasteiger partial charge in [0.05, 0.1) is 18.8 Å². The average molecular weight is 606 g/mol. The lowest BCUT2D eigenvalue weighted by molar-refractivity contribution is -0.137. The molecule has 0 spiro atoms. The first-order valence-electron chi connectivity index (χ1n) is 14.7. The molecule has 0 radical (unpaired) electrons. The van der Waals surface area contributed by atoms with Crippen LogP contribution in [0.1, 0.15) is 74.2 Å². The monoisotopic (exact) mass is 605 g/mol. The predicted molar refractivity (Wildman–Crippen MR) is 159 cm³/mol. The SMILES string of the molecule is COc1cc(C(=O)NC2CCC(N(C)C)CC2)ccc1Nc1ncc(C(F)(F)F)c(N[C@@H]2CCCC[C@H]2N(C)C(C)=O)n1. The molecular formula is C30H42F3N7O3. The van der Waals surface area contributed by atoms with Crippen LogP contribution in [0.5, 0.6) is 5.75 Å². The molecule has 13 heteroatoms. The first kappa shape index (κ1) is 32.3. The van der Waals surface area contributed by atoms with E-state index in [4.69, 9.17) is 4.74 Å². The van der Waals surface area contributed by atoms with Crippen molar-refractivity contribution >= 4 is 29.3 Å². The van der Waals surface area contributed by atoms with Crippen molar-refractivity contribution in [3.63, 3.8) is 0 Å². The summed E-state index contributed by atoms with van der Waals surface area (Å²) in [6.07, 6.45) is 2.88. The number of nitrogens with zero attached hydrogens (tertiary/aromatic N) is 4. The number of ether oxygens (including phenoxy) is 1. The minimum Gasteiger partial charge on any atom is -0.495 e. The maximum absolute atomic E-state index is 13.9. The zero-order valence-corrected chi connectivity index (χ0v) is 25.4. The second-order valence-corrected chi connectivity index (χ2v) is 11.7. The number of halogens is 3. The molecule has 4 rings (SSSR count). The van der Waals surface area contributed by atoms with Gasteiger partial charge in [-0.25, -0.2) is 4.98 Å². The predicted octanol–water partition coefficient (Wildman–Crippen LogP) is 5.05. The van der Waals surface area contributed by atoms with Crippen LogP contribution in [-0.2, 0) is 11.0 Å². The largest absolute Gasteiger partial charge is 0.495 e. The van der Waals surface area contributed by atoms with Gasteiger partial charge in [0.1, 0.15) is 17.1 Å². The van der Waals surface area contributed by atoms with Crippen molar-refractivity contribution in [1.82, 2.24) is 25.1 Å². The highest BCUT2D eigenvalue weighted by Crippen LogP contribution is 2.37. The van der Waals surface area contributed by atoms with Gasteiger partial charge >= 0.3 is 6.18 Å². The van der Waals surface area contributed by atoms with Crippen LogP contribution in [0.3, 0.4) is 0 Å². The summed E-state index contributed by atoms with van der Waals surface area (Å²) in [6, 6.07) is 4.77. The van der Waals surface area contributed by atoms with Crippen molar-refractivity contribution in [3.05, 3.63) is 35.5 Å². The zero-order valence-electron chi connectivity index (χ0n) is 25.4. The molecule has 10 nitrogen and oxygen atoms in total. The molecule has 2 aromatic rings. The first-order valence-corrected chi connectivity index (χ1v) is 14.7. The van der Waals surface area contributed by atoms with Gasteiger partial charge in [-0.05, 0) is 70.8 Å². The summed E-state index contributed by atoms with van der Waals surface area (Å²) in [4.78, 5) is 36.9. The number of carbonyl (C=O) groups is 2.